The molecule has 0 spiro atoms. The summed E-state index contributed by atoms with van der Waals surface area (Å²) in [4.78, 5) is 2.56. The topological polar surface area (TPSA) is 63.4 Å². The summed E-state index contributed by atoms with van der Waals surface area (Å²) in [6.07, 6.45) is 3.54. The van der Waals surface area contributed by atoms with Crippen molar-refractivity contribution >= 4 is 21.2 Å². The highest BCUT2D eigenvalue weighted by Crippen LogP contribution is 2.31. The number of hydrogen-bond donors (Lipinski definition) is 1. The van der Waals surface area contributed by atoms with Crippen molar-refractivity contribution in [3.05, 3.63) is 17.7 Å². The maximum Gasteiger partial charge on any atom is 0.175 e. The number of nitrogens with two attached hydrogens (primary N) is 1. The van der Waals surface area contributed by atoms with E-state index >= 15 is 0 Å². The second-order valence-corrected chi connectivity index (χ2v) is 6.61. The number of sulfone groups is 1. The standard InChI is InChI=1S/C12H18N2O2S/c1-9-11(14-5-3-4-6-14)7-10(13)8-12(9)17(2,15)16/h7-8H,3-6,13H2,1-2H3. The number of nitrogens with zero attached hydrogens (tertiary/aromatic N) is 1. The minimum Gasteiger partial charge on any atom is -0.399 e. The molecule has 1 aromatic carbocycles. The van der Waals surface area contributed by atoms with E-state index in [2.05, 4.69) is 4.90 Å². The first-order chi connectivity index (χ1) is 7.89. The van der Waals surface area contributed by atoms with Gasteiger partial charge in [0.1, 0.15) is 0 Å². The third-order valence-corrected chi connectivity index (χ3v) is 4.42. The largest absolute Gasteiger partial charge is 0.399 e. The summed E-state index contributed by atoms with van der Waals surface area (Å²) in [5, 5.41) is 0. The summed E-state index contributed by atoms with van der Waals surface area (Å²) >= 11 is 0. The molecular formula is C12H18N2O2S. The van der Waals surface area contributed by atoms with Gasteiger partial charge in [-0.1, -0.05) is 0 Å². The van der Waals surface area contributed by atoms with E-state index in [9.17, 15) is 8.42 Å². The van der Waals surface area contributed by atoms with Crippen LogP contribution in [0.15, 0.2) is 17.0 Å². The van der Waals surface area contributed by atoms with Gasteiger partial charge in [-0.15, -0.1) is 0 Å². The van der Waals surface area contributed by atoms with Gasteiger partial charge >= 0.3 is 0 Å². The fourth-order valence-corrected chi connectivity index (χ4v) is 3.38. The van der Waals surface area contributed by atoms with Gasteiger partial charge in [0.05, 0.1) is 4.90 Å². The van der Waals surface area contributed by atoms with Crippen molar-refractivity contribution < 1.29 is 8.42 Å². The van der Waals surface area contributed by atoms with Crippen molar-refractivity contribution in [1.82, 2.24) is 0 Å². The molecule has 0 atom stereocenters. The van der Waals surface area contributed by atoms with Crippen LogP contribution >= 0.6 is 0 Å². The normalized spacial score (nSPS) is 16.5. The van der Waals surface area contributed by atoms with Crippen LogP contribution in [0.2, 0.25) is 0 Å². The Morgan fingerprint density at radius 2 is 1.82 bits per heavy atom. The van der Waals surface area contributed by atoms with Crippen molar-refractivity contribution in [1.29, 1.82) is 0 Å². The second-order valence-electron chi connectivity index (χ2n) is 4.63. The molecule has 4 nitrogen and oxygen atoms in total. The molecule has 2 rings (SSSR count). The van der Waals surface area contributed by atoms with Crippen molar-refractivity contribution in [2.75, 3.05) is 30.0 Å². The molecule has 94 valence electrons. The van der Waals surface area contributed by atoms with Crippen LogP contribution in [0, 0.1) is 6.92 Å². The van der Waals surface area contributed by atoms with Crippen LogP contribution in [0.5, 0.6) is 0 Å². The number of benzene rings is 1. The zero-order chi connectivity index (χ0) is 12.6. The van der Waals surface area contributed by atoms with E-state index in [4.69, 9.17) is 5.73 Å². The molecule has 1 saturated heterocycles. The highest BCUT2D eigenvalue weighted by molar-refractivity contribution is 7.90. The third-order valence-electron chi connectivity index (χ3n) is 3.20. The average molecular weight is 254 g/mol. The lowest BCUT2D eigenvalue weighted by Gasteiger charge is -2.22. The van der Waals surface area contributed by atoms with Gasteiger partial charge in [-0.25, -0.2) is 8.42 Å². The highest BCUT2D eigenvalue weighted by atomic mass is 32.2. The molecule has 1 aliphatic heterocycles. The van der Waals surface area contributed by atoms with Gasteiger partial charge in [0.15, 0.2) is 9.84 Å². The molecule has 1 heterocycles. The Morgan fingerprint density at radius 3 is 2.35 bits per heavy atom. The number of hydrogen-bond acceptors (Lipinski definition) is 4. The molecule has 0 aromatic heterocycles. The Bertz CT molecular complexity index is 532. The van der Waals surface area contributed by atoms with Gasteiger partial charge in [-0.2, -0.15) is 0 Å². The van der Waals surface area contributed by atoms with E-state index < -0.39 is 9.84 Å². The number of nitrogen functional groups attached to an aromatic ring is 1. The van der Waals surface area contributed by atoms with E-state index in [1.54, 1.807) is 6.07 Å². The van der Waals surface area contributed by atoms with Gasteiger partial charge < -0.3 is 10.6 Å². The Morgan fingerprint density at radius 1 is 1.24 bits per heavy atom. The van der Waals surface area contributed by atoms with Crippen LogP contribution in [0.3, 0.4) is 0 Å². The Labute approximate surface area is 102 Å². The van der Waals surface area contributed by atoms with Gasteiger partial charge in [-0.05, 0) is 37.5 Å². The van der Waals surface area contributed by atoms with Gasteiger partial charge in [0, 0.05) is 30.7 Å². The first-order valence-electron chi connectivity index (χ1n) is 5.75. The summed E-state index contributed by atoms with van der Waals surface area (Å²) < 4.78 is 23.4. The van der Waals surface area contributed by atoms with Crippen LogP contribution in [0.4, 0.5) is 11.4 Å². The third kappa shape index (κ3) is 2.39. The lowest BCUT2D eigenvalue weighted by molar-refractivity contribution is 0.601. The summed E-state index contributed by atoms with van der Waals surface area (Å²) in [5.41, 5.74) is 8.08. The molecule has 0 radical (unpaired) electrons. The SMILES string of the molecule is Cc1c(N2CCCC2)cc(N)cc1S(C)(=O)=O. The molecular weight excluding hydrogens is 236 g/mol. The Hall–Kier alpha value is -1.23. The van der Waals surface area contributed by atoms with Gasteiger partial charge in [-0.3, -0.25) is 0 Å². The first kappa shape index (κ1) is 12.2. The van der Waals surface area contributed by atoms with E-state index in [-0.39, 0.29) is 0 Å². The molecule has 0 amide bonds. The lowest BCUT2D eigenvalue weighted by atomic mass is 10.1. The predicted molar refractivity (Wildman–Crippen MR) is 70.1 cm³/mol. The van der Waals surface area contributed by atoms with Crippen molar-refractivity contribution in [2.45, 2.75) is 24.7 Å². The summed E-state index contributed by atoms with van der Waals surface area (Å²) in [6, 6.07) is 3.42. The number of anilines is 2. The molecule has 1 aliphatic rings. The summed E-state index contributed by atoms with van der Waals surface area (Å²) in [7, 11) is -3.21. The van der Waals surface area contributed by atoms with Crippen LogP contribution < -0.4 is 10.6 Å². The van der Waals surface area contributed by atoms with Crippen LogP contribution in [0.25, 0.3) is 0 Å². The maximum absolute atomic E-state index is 11.7. The molecule has 0 unspecified atom stereocenters. The van der Waals surface area contributed by atoms with E-state index in [0.29, 0.717) is 10.6 Å². The smallest absolute Gasteiger partial charge is 0.175 e. The predicted octanol–water partition coefficient (Wildman–Crippen LogP) is 1.58. The molecule has 17 heavy (non-hydrogen) atoms. The van der Waals surface area contributed by atoms with E-state index in [1.807, 2.05) is 13.0 Å². The van der Waals surface area contributed by atoms with Crippen molar-refractivity contribution in [2.24, 2.45) is 0 Å². The summed E-state index contributed by atoms with van der Waals surface area (Å²) in [6.45, 7) is 3.81. The van der Waals surface area contributed by atoms with E-state index in [1.165, 1.54) is 6.26 Å². The molecule has 1 fully saturated rings. The molecule has 5 heteroatoms. The minimum atomic E-state index is -3.21. The van der Waals surface area contributed by atoms with Gasteiger partial charge in [0.2, 0.25) is 0 Å². The Kier molecular flexibility index (Phi) is 3.03. The van der Waals surface area contributed by atoms with E-state index in [0.717, 1.165) is 37.2 Å². The summed E-state index contributed by atoms with van der Waals surface area (Å²) in [5.74, 6) is 0. The van der Waals surface area contributed by atoms with Crippen LogP contribution in [0.1, 0.15) is 18.4 Å². The highest BCUT2D eigenvalue weighted by Gasteiger charge is 2.20. The molecule has 0 saturated carbocycles. The second kappa shape index (κ2) is 4.22. The fraction of sp³-hybridized carbons (Fsp3) is 0.500. The molecule has 2 N–H and O–H groups in total. The fourth-order valence-electron chi connectivity index (χ4n) is 2.37. The van der Waals surface area contributed by atoms with Crippen LogP contribution in [-0.4, -0.2) is 27.8 Å². The van der Waals surface area contributed by atoms with Crippen LogP contribution in [-0.2, 0) is 9.84 Å². The average Bonchev–Trinajstić information content (AvgIpc) is 2.72. The first-order valence-corrected chi connectivity index (χ1v) is 7.64. The zero-order valence-corrected chi connectivity index (χ0v) is 11.0. The Balaban J connectivity index is 2.57. The van der Waals surface area contributed by atoms with Gasteiger partial charge in [0.25, 0.3) is 0 Å². The minimum absolute atomic E-state index is 0.347. The molecule has 0 bridgehead atoms. The quantitative estimate of drug-likeness (QED) is 0.814. The number of rotatable bonds is 2. The monoisotopic (exact) mass is 254 g/mol. The van der Waals surface area contributed by atoms with Crippen molar-refractivity contribution in [3.8, 4) is 0 Å². The zero-order valence-electron chi connectivity index (χ0n) is 10.2. The molecule has 0 aliphatic carbocycles. The lowest BCUT2D eigenvalue weighted by Crippen LogP contribution is -2.20. The maximum atomic E-state index is 11.7. The molecule has 1 aromatic rings. The van der Waals surface area contributed by atoms with Crippen molar-refractivity contribution in [3.63, 3.8) is 0 Å².